The lowest BCUT2D eigenvalue weighted by molar-refractivity contribution is -0.149. The number of carboxylic acids is 1. The molecule has 2 unspecified atom stereocenters. The van der Waals surface area contributed by atoms with Crippen LogP contribution in [0.1, 0.15) is 36.8 Å². The number of benzene rings is 2. The molecule has 186 valence electrons. The van der Waals surface area contributed by atoms with E-state index in [4.69, 9.17) is 9.47 Å². The van der Waals surface area contributed by atoms with E-state index in [0.29, 0.717) is 6.61 Å². The molecule has 1 fully saturated rings. The standard InChI is InChI=1S/C26H30N2O7/c1-2-34-17(12-24(30)28-14-16(29)11-23(28)25(31)32)13-27-26(33)35-15-22-20-9-5-3-7-18(20)19-8-4-6-10-21(19)22/h3-10,16-17,22-23,29H,2,11-15H2,1H3,(H,27,33)(H,31,32)/t16?,17?,23-/m0/s1. The third-order valence-electron chi connectivity index (χ3n) is 6.51. The van der Waals surface area contributed by atoms with E-state index in [1.807, 2.05) is 36.4 Å². The number of nitrogens with one attached hydrogen (secondary N) is 1. The van der Waals surface area contributed by atoms with Gasteiger partial charge in [-0.15, -0.1) is 0 Å². The first-order valence-electron chi connectivity index (χ1n) is 11.8. The van der Waals surface area contributed by atoms with Crippen molar-refractivity contribution in [3.05, 3.63) is 59.7 Å². The largest absolute Gasteiger partial charge is 0.480 e. The lowest BCUT2D eigenvalue weighted by Gasteiger charge is -2.24. The smallest absolute Gasteiger partial charge is 0.407 e. The Labute approximate surface area is 203 Å². The molecule has 2 aromatic rings. The van der Waals surface area contributed by atoms with Crippen molar-refractivity contribution in [2.45, 2.75) is 43.9 Å². The second kappa shape index (κ2) is 10.9. The topological polar surface area (TPSA) is 125 Å². The molecule has 0 spiro atoms. The first-order chi connectivity index (χ1) is 16.9. The van der Waals surface area contributed by atoms with Crippen LogP contribution in [0.3, 0.4) is 0 Å². The molecule has 0 radical (unpaired) electrons. The molecule has 1 saturated heterocycles. The summed E-state index contributed by atoms with van der Waals surface area (Å²) in [7, 11) is 0. The lowest BCUT2D eigenvalue weighted by atomic mass is 9.98. The number of carbonyl (C=O) groups excluding carboxylic acids is 2. The summed E-state index contributed by atoms with van der Waals surface area (Å²) in [5, 5.41) is 21.8. The summed E-state index contributed by atoms with van der Waals surface area (Å²) in [5.41, 5.74) is 4.50. The van der Waals surface area contributed by atoms with Crippen LogP contribution in [0.15, 0.2) is 48.5 Å². The molecule has 4 rings (SSSR count). The highest BCUT2D eigenvalue weighted by molar-refractivity contribution is 5.85. The number of carbonyl (C=O) groups is 3. The van der Waals surface area contributed by atoms with Gasteiger partial charge < -0.3 is 29.9 Å². The predicted molar refractivity (Wildman–Crippen MR) is 127 cm³/mol. The fourth-order valence-corrected chi connectivity index (χ4v) is 4.91. The Kier molecular flexibility index (Phi) is 7.67. The van der Waals surface area contributed by atoms with Crippen molar-refractivity contribution < 1.29 is 34.1 Å². The van der Waals surface area contributed by atoms with Gasteiger partial charge in [0, 0.05) is 32.0 Å². The number of likely N-dealkylation sites (tertiary alicyclic amines) is 1. The van der Waals surface area contributed by atoms with Crippen molar-refractivity contribution in [1.82, 2.24) is 10.2 Å². The average Bonchev–Trinajstić information content (AvgIpc) is 3.40. The Hall–Kier alpha value is -3.43. The van der Waals surface area contributed by atoms with E-state index in [9.17, 15) is 24.6 Å². The van der Waals surface area contributed by atoms with Gasteiger partial charge in [-0.3, -0.25) is 4.79 Å². The molecular formula is C26H30N2O7. The fourth-order valence-electron chi connectivity index (χ4n) is 4.91. The van der Waals surface area contributed by atoms with E-state index in [-0.39, 0.29) is 38.5 Å². The highest BCUT2D eigenvalue weighted by atomic mass is 16.5. The number of carboxylic acid groups (broad SMARTS) is 1. The Morgan fingerprint density at radius 1 is 1.09 bits per heavy atom. The maximum atomic E-state index is 12.7. The zero-order valence-corrected chi connectivity index (χ0v) is 19.6. The van der Waals surface area contributed by atoms with Gasteiger partial charge in [0.15, 0.2) is 0 Å². The Balaban J connectivity index is 1.32. The predicted octanol–water partition coefficient (Wildman–Crippen LogP) is 2.37. The van der Waals surface area contributed by atoms with E-state index in [1.54, 1.807) is 6.92 Å². The monoisotopic (exact) mass is 482 g/mol. The Morgan fingerprint density at radius 3 is 2.31 bits per heavy atom. The summed E-state index contributed by atoms with van der Waals surface area (Å²) < 4.78 is 11.1. The molecule has 9 nitrogen and oxygen atoms in total. The minimum Gasteiger partial charge on any atom is -0.480 e. The molecule has 3 N–H and O–H groups in total. The van der Waals surface area contributed by atoms with Crippen LogP contribution in [0.5, 0.6) is 0 Å². The maximum Gasteiger partial charge on any atom is 0.407 e. The number of fused-ring (bicyclic) bond motifs is 3. The van der Waals surface area contributed by atoms with Crippen molar-refractivity contribution in [2.24, 2.45) is 0 Å². The fraction of sp³-hybridized carbons (Fsp3) is 0.423. The number of aliphatic carboxylic acids is 1. The SMILES string of the molecule is CCOC(CNC(=O)OCC1c2ccccc2-c2ccccc21)CC(=O)N1CC(O)C[C@H]1C(=O)O. The van der Waals surface area contributed by atoms with E-state index in [2.05, 4.69) is 17.4 Å². The normalized spacial score (nSPS) is 19.7. The van der Waals surface area contributed by atoms with Crippen LogP contribution in [0.25, 0.3) is 11.1 Å². The molecule has 1 aliphatic heterocycles. The van der Waals surface area contributed by atoms with Crippen molar-refractivity contribution in [1.29, 1.82) is 0 Å². The van der Waals surface area contributed by atoms with Crippen LogP contribution in [0.2, 0.25) is 0 Å². The van der Waals surface area contributed by atoms with Crippen LogP contribution in [-0.2, 0) is 19.1 Å². The number of amides is 2. The molecule has 1 aliphatic carbocycles. The first-order valence-corrected chi connectivity index (χ1v) is 11.8. The number of nitrogens with zero attached hydrogens (tertiary/aromatic N) is 1. The van der Waals surface area contributed by atoms with Crippen molar-refractivity contribution in [3.63, 3.8) is 0 Å². The van der Waals surface area contributed by atoms with Gasteiger partial charge in [-0.05, 0) is 29.2 Å². The second-order valence-electron chi connectivity index (χ2n) is 8.78. The molecule has 2 amide bonds. The molecule has 35 heavy (non-hydrogen) atoms. The molecular weight excluding hydrogens is 452 g/mol. The number of hydrogen-bond acceptors (Lipinski definition) is 6. The van der Waals surface area contributed by atoms with Crippen LogP contribution >= 0.6 is 0 Å². The molecule has 2 aromatic carbocycles. The summed E-state index contributed by atoms with van der Waals surface area (Å²) in [4.78, 5) is 37.7. The van der Waals surface area contributed by atoms with Gasteiger partial charge in [0.25, 0.3) is 0 Å². The molecule has 1 heterocycles. The van der Waals surface area contributed by atoms with Crippen molar-refractivity contribution in [3.8, 4) is 11.1 Å². The van der Waals surface area contributed by atoms with Crippen LogP contribution in [0, 0.1) is 0 Å². The first kappa shape index (κ1) is 24.7. The number of rotatable bonds is 9. The van der Waals surface area contributed by atoms with Crippen molar-refractivity contribution >= 4 is 18.0 Å². The molecule has 2 aliphatic rings. The quantitative estimate of drug-likeness (QED) is 0.501. The molecule has 0 aromatic heterocycles. The van der Waals surface area contributed by atoms with Crippen molar-refractivity contribution in [2.75, 3.05) is 26.3 Å². The molecule has 3 atom stereocenters. The summed E-state index contributed by atoms with van der Waals surface area (Å²) in [5.74, 6) is -1.66. The highest BCUT2D eigenvalue weighted by Gasteiger charge is 2.39. The van der Waals surface area contributed by atoms with E-state index < -0.39 is 36.2 Å². The maximum absolute atomic E-state index is 12.7. The molecule has 9 heteroatoms. The summed E-state index contributed by atoms with van der Waals surface area (Å²) in [6.07, 6.45) is -2.26. The number of aliphatic hydroxyl groups excluding tert-OH is 1. The van der Waals surface area contributed by atoms with E-state index in [1.165, 1.54) is 0 Å². The highest BCUT2D eigenvalue weighted by Crippen LogP contribution is 2.44. The third kappa shape index (κ3) is 5.47. The number of alkyl carbamates (subject to hydrolysis) is 1. The number of aliphatic hydroxyl groups is 1. The van der Waals surface area contributed by atoms with E-state index >= 15 is 0 Å². The number of β-amino-alcohol motifs (C(OH)–C–C–N with tert-alkyl or cyclic N) is 1. The number of hydrogen-bond donors (Lipinski definition) is 3. The average molecular weight is 483 g/mol. The second-order valence-corrected chi connectivity index (χ2v) is 8.78. The zero-order chi connectivity index (χ0) is 24.9. The molecule has 0 saturated carbocycles. The van der Waals surface area contributed by atoms with Gasteiger partial charge in [-0.25, -0.2) is 9.59 Å². The van der Waals surface area contributed by atoms with Gasteiger partial charge in [0.2, 0.25) is 5.91 Å². The third-order valence-corrected chi connectivity index (χ3v) is 6.51. The number of ether oxygens (including phenoxy) is 2. The zero-order valence-electron chi connectivity index (χ0n) is 19.6. The lowest BCUT2D eigenvalue weighted by Crippen LogP contribution is -2.44. The Morgan fingerprint density at radius 2 is 1.71 bits per heavy atom. The summed E-state index contributed by atoms with van der Waals surface area (Å²) >= 11 is 0. The van der Waals surface area contributed by atoms with Crippen LogP contribution in [0.4, 0.5) is 4.79 Å². The minimum atomic E-state index is -1.15. The van der Waals surface area contributed by atoms with Gasteiger partial charge in [-0.2, -0.15) is 0 Å². The molecule has 0 bridgehead atoms. The minimum absolute atomic E-state index is 0.00161. The van der Waals surface area contributed by atoms with Gasteiger partial charge in [0.05, 0.1) is 18.6 Å². The van der Waals surface area contributed by atoms with E-state index in [0.717, 1.165) is 27.2 Å². The van der Waals surface area contributed by atoms with Crippen LogP contribution < -0.4 is 5.32 Å². The van der Waals surface area contributed by atoms with Gasteiger partial charge in [-0.1, -0.05) is 48.5 Å². The van der Waals surface area contributed by atoms with Crippen LogP contribution in [-0.4, -0.2) is 77.6 Å². The Bertz CT molecular complexity index is 1040. The van der Waals surface area contributed by atoms with Gasteiger partial charge in [0.1, 0.15) is 12.6 Å². The summed E-state index contributed by atoms with van der Waals surface area (Å²) in [6, 6.07) is 15.1. The van der Waals surface area contributed by atoms with Gasteiger partial charge >= 0.3 is 12.1 Å². The summed E-state index contributed by atoms with van der Waals surface area (Å²) in [6.45, 7) is 2.25.